The third-order valence-electron chi connectivity index (χ3n) is 5.97. The van der Waals surface area contributed by atoms with Crippen molar-refractivity contribution in [1.82, 2.24) is 15.3 Å². The highest BCUT2D eigenvalue weighted by Gasteiger charge is 2.17. The van der Waals surface area contributed by atoms with E-state index in [-0.39, 0.29) is 5.91 Å². The number of pyridine rings is 1. The van der Waals surface area contributed by atoms with Gasteiger partial charge in [-0.2, -0.15) is 0 Å². The standard InChI is InChI=1S/C28H24BrN3O3/c1-34-24-11-10-17(14-25(24)35-2)12-13-30-28(33)23-16-21-20-8-3-4-9-22(20)31-27(21)26(32-23)18-6-5-7-19(29)15-18/h3-11,14-16,31H,12-13H2,1-2H3,(H,30,33). The van der Waals surface area contributed by atoms with Crippen LogP contribution in [0.2, 0.25) is 0 Å². The number of benzene rings is 3. The number of hydrogen-bond donors (Lipinski definition) is 2. The molecule has 0 aliphatic carbocycles. The number of rotatable bonds is 7. The van der Waals surface area contributed by atoms with Gasteiger partial charge in [0.2, 0.25) is 0 Å². The van der Waals surface area contributed by atoms with Crippen LogP contribution in [0.15, 0.2) is 77.3 Å². The second kappa shape index (κ2) is 9.80. The minimum Gasteiger partial charge on any atom is -0.493 e. The molecule has 0 spiro atoms. The smallest absolute Gasteiger partial charge is 0.269 e. The van der Waals surface area contributed by atoms with Gasteiger partial charge in [0.25, 0.3) is 5.91 Å². The molecule has 2 heterocycles. The molecule has 0 aliphatic rings. The number of para-hydroxylation sites is 1. The van der Waals surface area contributed by atoms with E-state index in [9.17, 15) is 4.79 Å². The molecule has 7 heteroatoms. The summed E-state index contributed by atoms with van der Waals surface area (Å²) in [5.41, 5.74) is 5.00. The monoisotopic (exact) mass is 529 g/mol. The van der Waals surface area contributed by atoms with Gasteiger partial charge < -0.3 is 19.8 Å². The van der Waals surface area contributed by atoms with E-state index in [0.29, 0.717) is 30.2 Å². The van der Waals surface area contributed by atoms with E-state index in [0.717, 1.165) is 43.1 Å². The molecule has 0 bridgehead atoms. The van der Waals surface area contributed by atoms with E-state index in [1.807, 2.05) is 66.7 Å². The normalized spacial score (nSPS) is 11.1. The van der Waals surface area contributed by atoms with Crippen LogP contribution < -0.4 is 14.8 Å². The van der Waals surface area contributed by atoms with Crippen LogP contribution in [0, 0.1) is 0 Å². The number of methoxy groups -OCH3 is 2. The first-order valence-corrected chi connectivity index (χ1v) is 12.0. The maximum absolute atomic E-state index is 13.2. The summed E-state index contributed by atoms with van der Waals surface area (Å²) in [5, 5.41) is 5.04. The van der Waals surface area contributed by atoms with Crippen molar-refractivity contribution in [3.8, 4) is 22.8 Å². The molecule has 5 aromatic rings. The lowest BCUT2D eigenvalue weighted by Crippen LogP contribution is -2.26. The largest absolute Gasteiger partial charge is 0.493 e. The predicted octanol–water partition coefficient (Wildman–Crippen LogP) is 6.14. The number of carbonyl (C=O) groups excluding carboxylic acids is 1. The summed E-state index contributed by atoms with van der Waals surface area (Å²) in [7, 11) is 3.22. The number of halogens is 1. The van der Waals surface area contributed by atoms with Gasteiger partial charge in [0.05, 0.1) is 25.4 Å². The van der Waals surface area contributed by atoms with Crippen LogP contribution in [0.5, 0.6) is 11.5 Å². The molecular weight excluding hydrogens is 506 g/mol. The molecule has 35 heavy (non-hydrogen) atoms. The van der Waals surface area contributed by atoms with E-state index < -0.39 is 0 Å². The number of H-pyrrole nitrogens is 1. The Kier molecular flexibility index (Phi) is 6.42. The van der Waals surface area contributed by atoms with E-state index in [1.165, 1.54) is 0 Å². The van der Waals surface area contributed by atoms with E-state index >= 15 is 0 Å². The molecule has 6 nitrogen and oxygen atoms in total. The van der Waals surface area contributed by atoms with Gasteiger partial charge in [-0.05, 0) is 48.4 Å². The molecule has 176 valence electrons. The first kappa shape index (κ1) is 22.9. The van der Waals surface area contributed by atoms with Crippen molar-refractivity contribution < 1.29 is 14.3 Å². The van der Waals surface area contributed by atoms with Crippen molar-refractivity contribution in [2.45, 2.75) is 6.42 Å². The van der Waals surface area contributed by atoms with Crippen molar-refractivity contribution in [2.24, 2.45) is 0 Å². The fourth-order valence-electron chi connectivity index (χ4n) is 4.25. The van der Waals surface area contributed by atoms with E-state index in [1.54, 1.807) is 14.2 Å². The zero-order chi connectivity index (χ0) is 24.4. The molecule has 2 aromatic heterocycles. The summed E-state index contributed by atoms with van der Waals surface area (Å²) in [6.07, 6.45) is 0.653. The zero-order valence-corrected chi connectivity index (χ0v) is 21.0. The molecule has 0 fully saturated rings. The fourth-order valence-corrected chi connectivity index (χ4v) is 4.65. The Labute approximate surface area is 211 Å². The highest BCUT2D eigenvalue weighted by atomic mass is 79.9. The molecule has 2 N–H and O–H groups in total. The number of aromatic amines is 1. The van der Waals surface area contributed by atoms with Gasteiger partial charge in [0, 0.05) is 32.9 Å². The Morgan fingerprint density at radius 2 is 1.77 bits per heavy atom. The van der Waals surface area contributed by atoms with Crippen LogP contribution in [-0.4, -0.2) is 36.6 Å². The predicted molar refractivity (Wildman–Crippen MR) is 142 cm³/mol. The van der Waals surface area contributed by atoms with Crippen LogP contribution >= 0.6 is 15.9 Å². The van der Waals surface area contributed by atoms with Crippen molar-refractivity contribution in [2.75, 3.05) is 20.8 Å². The molecule has 0 aliphatic heterocycles. The summed E-state index contributed by atoms with van der Waals surface area (Å²) < 4.78 is 11.6. The maximum Gasteiger partial charge on any atom is 0.269 e. The molecule has 0 saturated carbocycles. The van der Waals surface area contributed by atoms with Crippen molar-refractivity contribution in [1.29, 1.82) is 0 Å². The first-order chi connectivity index (χ1) is 17.1. The number of amides is 1. The molecule has 0 radical (unpaired) electrons. The van der Waals surface area contributed by atoms with Gasteiger partial charge in [-0.1, -0.05) is 52.3 Å². The summed E-state index contributed by atoms with van der Waals surface area (Å²) in [6, 6.07) is 23.6. The fraction of sp³-hybridized carbons (Fsp3) is 0.143. The number of fused-ring (bicyclic) bond motifs is 3. The number of nitrogens with one attached hydrogen (secondary N) is 2. The number of aromatic nitrogens is 2. The third-order valence-corrected chi connectivity index (χ3v) is 6.47. The lowest BCUT2D eigenvalue weighted by atomic mass is 10.1. The average Bonchev–Trinajstić information content (AvgIpc) is 3.26. The Hall–Kier alpha value is -3.84. The van der Waals surface area contributed by atoms with Crippen LogP contribution in [0.1, 0.15) is 16.1 Å². The Balaban J connectivity index is 1.46. The zero-order valence-electron chi connectivity index (χ0n) is 19.4. The van der Waals surface area contributed by atoms with Gasteiger partial charge in [-0.15, -0.1) is 0 Å². The summed E-state index contributed by atoms with van der Waals surface area (Å²) >= 11 is 3.55. The van der Waals surface area contributed by atoms with Gasteiger partial charge in [0.1, 0.15) is 5.69 Å². The minimum absolute atomic E-state index is 0.214. The molecule has 5 rings (SSSR count). The highest BCUT2D eigenvalue weighted by Crippen LogP contribution is 2.33. The lowest BCUT2D eigenvalue weighted by Gasteiger charge is -2.11. The quantitative estimate of drug-likeness (QED) is 0.265. The second-order valence-electron chi connectivity index (χ2n) is 8.15. The maximum atomic E-state index is 13.2. The molecule has 0 atom stereocenters. The van der Waals surface area contributed by atoms with Gasteiger partial charge in [-0.25, -0.2) is 4.98 Å². The van der Waals surface area contributed by atoms with Crippen LogP contribution in [-0.2, 0) is 6.42 Å². The number of nitrogens with zero attached hydrogens (tertiary/aromatic N) is 1. The summed E-state index contributed by atoms with van der Waals surface area (Å²) in [4.78, 5) is 21.4. The highest BCUT2D eigenvalue weighted by molar-refractivity contribution is 9.10. The molecule has 1 amide bonds. The number of carbonyl (C=O) groups is 1. The molecular formula is C28H24BrN3O3. The van der Waals surface area contributed by atoms with Crippen LogP contribution in [0.3, 0.4) is 0 Å². The van der Waals surface area contributed by atoms with E-state index in [4.69, 9.17) is 14.5 Å². The average molecular weight is 530 g/mol. The Morgan fingerprint density at radius 1 is 0.943 bits per heavy atom. The number of ether oxygens (including phenoxy) is 2. The van der Waals surface area contributed by atoms with Crippen molar-refractivity contribution in [3.63, 3.8) is 0 Å². The van der Waals surface area contributed by atoms with Gasteiger partial charge in [0.15, 0.2) is 11.5 Å². The van der Waals surface area contributed by atoms with E-state index in [2.05, 4.69) is 32.3 Å². The Bertz CT molecular complexity index is 1540. The van der Waals surface area contributed by atoms with Crippen LogP contribution in [0.25, 0.3) is 33.1 Å². The Morgan fingerprint density at radius 3 is 2.57 bits per heavy atom. The minimum atomic E-state index is -0.214. The lowest BCUT2D eigenvalue weighted by molar-refractivity contribution is 0.0949. The van der Waals surface area contributed by atoms with Gasteiger partial charge >= 0.3 is 0 Å². The van der Waals surface area contributed by atoms with Gasteiger partial charge in [-0.3, -0.25) is 4.79 Å². The molecule has 3 aromatic carbocycles. The third kappa shape index (κ3) is 4.59. The second-order valence-corrected chi connectivity index (χ2v) is 9.07. The molecule has 0 saturated heterocycles. The summed E-state index contributed by atoms with van der Waals surface area (Å²) in [5.74, 6) is 1.13. The topological polar surface area (TPSA) is 76.2 Å². The summed E-state index contributed by atoms with van der Waals surface area (Å²) in [6.45, 7) is 0.466. The van der Waals surface area contributed by atoms with Crippen molar-refractivity contribution >= 4 is 43.6 Å². The van der Waals surface area contributed by atoms with Crippen LogP contribution in [0.4, 0.5) is 0 Å². The molecule has 0 unspecified atom stereocenters. The first-order valence-electron chi connectivity index (χ1n) is 11.2. The number of hydrogen-bond acceptors (Lipinski definition) is 4. The van der Waals surface area contributed by atoms with Crippen molar-refractivity contribution in [3.05, 3.63) is 88.5 Å². The SMILES string of the molecule is COc1ccc(CCNC(=O)c2cc3c([nH]c4ccccc43)c(-c3cccc(Br)c3)n2)cc1OC.